The van der Waals surface area contributed by atoms with Gasteiger partial charge in [-0.3, -0.25) is 9.97 Å². The maximum Gasteiger partial charge on any atom is 0.416 e. The third kappa shape index (κ3) is 4.30. The molecule has 6 nitrogen and oxygen atoms in total. The second-order valence-corrected chi connectivity index (χ2v) is 7.85. The molecule has 0 saturated heterocycles. The number of alkyl halides is 3. The van der Waals surface area contributed by atoms with E-state index < -0.39 is 17.6 Å². The van der Waals surface area contributed by atoms with Crippen molar-refractivity contribution in [2.45, 2.75) is 20.0 Å². The van der Waals surface area contributed by atoms with E-state index in [9.17, 15) is 17.6 Å². The summed E-state index contributed by atoms with van der Waals surface area (Å²) in [6.07, 6.45) is 1.85. The molecule has 174 valence electrons. The molecule has 0 aliphatic rings. The van der Waals surface area contributed by atoms with Crippen LogP contribution in [0.4, 0.5) is 17.6 Å². The number of aryl methyl sites for hydroxylation is 2. The van der Waals surface area contributed by atoms with E-state index in [4.69, 9.17) is 0 Å². The van der Waals surface area contributed by atoms with Gasteiger partial charge in [-0.25, -0.2) is 24.3 Å². The van der Waals surface area contributed by atoms with E-state index in [0.717, 1.165) is 23.3 Å². The van der Waals surface area contributed by atoms with E-state index >= 15 is 0 Å². The topological polar surface area (TPSA) is 77.3 Å². The highest BCUT2D eigenvalue weighted by Gasteiger charge is 2.31. The highest BCUT2D eigenvalue weighted by Crippen LogP contribution is 2.35. The van der Waals surface area contributed by atoms with Crippen LogP contribution in [0.1, 0.15) is 17.0 Å². The van der Waals surface area contributed by atoms with Crippen molar-refractivity contribution < 1.29 is 17.6 Å². The normalized spacial score (nSPS) is 11.7. The quantitative estimate of drug-likeness (QED) is 0.298. The maximum absolute atomic E-state index is 15.0. The van der Waals surface area contributed by atoms with E-state index in [1.165, 1.54) is 0 Å². The van der Waals surface area contributed by atoms with Crippen LogP contribution in [-0.2, 0) is 6.18 Å². The highest BCUT2D eigenvalue weighted by molar-refractivity contribution is 5.89. The molecule has 10 heteroatoms. The molecule has 0 atom stereocenters. The average molecular weight is 476 g/mol. The molecule has 0 radical (unpaired) electrons. The first-order chi connectivity index (χ1) is 16.7. The predicted octanol–water partition coefficient (Wildman–Crippen LogP) is 5.99. The predicted molar refractivity (Wildman–Crippen MR) is 121 cm³/mol. The molecular weight excluding hydrogens is 460 g/mol. The first kappa shape index (κ1) is 22.5. The molecule has 0 N–H and O–H groups in total. The van der Waals surface area contributed by atoms with Gasteiger partial charge in [0, 0.05) is 41.5 Å². The highest BCUT2D eigenvalue weighted by atomic mass is 19.4. The Balaban J connectivity index is 1.73. The Labute approximate surface area is 196 Å². The lowest BCUT2D eigenvalue weighted by molar-refractivity contribution is -0.137. The molecule has 0 saturated carbocycles. The number of aromatic nitrogens is 6. The number of fused-ring (bicyclic) bond motifs is 1. The van der Waals surface area contributed by atoms with Gasteiger partial charge in [0.2, 0.25) is 0 Å². The maximum atomic E-state index is 15.0. The summed E-state index contributed by atoms with van der Waals surface area (Å²) in [4.78, 5) is 26.2. The van der Waals surface area contributed by atoms with Crippen LogP contribution in [0, 0.1) is 19.7 Å². The van der Waals surface area contributed by atoms with Gasteiger partial charge in [0.25, 0.3) is 0 Å². The SMILES string of the molecule is Cc1nc2nc(-c3cncc(-c4ccncc4)c3)nc(-c3ccc(C(F)(F)F)cc3F)c2nc1C. The molecule has 5 aromatic rings. The molecule has 0 fully saturated rings. The summed E-state index contributed by atoms with van der Waals surface area (Å²) in [5.74, 6) is -0.887. The minimum atomic E-state index is -4.68. The summed E-state index contributed by atoms with van der Waals surface area (Å²) in [6.45, 7) is 3.48. The Bertz CT molecular complexity index is 1570. The molecule has 0 aliphatic heterocycles. The molecule has 4 heterocycles. The van der Waals surface area contributed by atoms with Gasteiger partial charge >= 0.3 is 6.18 Å². The van der Waals surface area contributed by atoms with E-state index in [2.05, 4.69) is 29.9 Å². The van der Waals surface area contributed by atoms with Crippen molar-refractivity contribution in [1.82, 2.24) is 29.9 Å². The number of benzene rings is 1. The molecule has 5 rings (SSSR count). The monoisotopic (exact) mass is 476 g/mol. The van der Waals surface area contributed by atoms with E-state index in [1.807, 2.05) is 18.2 Å². The van der Waals surface area contributed by atoms with Gasteiger partial charge in [-0.05, 0) is 55.8 Å². The van der Waals surface area contributed by atoms with Crippen molar-refractivity contribution in [2.75, 3.05) is 0 Å². The second-order valence-electron chi connectivity index (χ2n) is 7.85. The van der Waals surface area contributed by atoms with Crippen molar-refractivity contribution in [3.05, 3.63) is 84.0 Å². The molecule has 35 heavy (non-hydrogen) atoms. The number of hydrogen-bond acceptors (Lipinski definition) is 6. The second kappa shape index (κ2) is 8.46. The standard InChI is InChI=1S/C25H16F4N6/c1-13-14(2)33-24-22(32-13)21(19-4-3-18(10-20(19)26)25(27,28)29)34-23(35-24)17-9-16(11-31-12-17)15-5-7-30-8-6-15/h3-12H,1-2H3. The first-order valence-corrected chi connectivity index (χ1v) is 10.5. The Morgan fingerprint density at radius 3 is 2.14 bits per heavy atom. The van der Waals surface area contributed by atoms with Crippen LogP contribution in [0.3, 0.4) is 0 Å². The first-order valence-electron chi connectivity index (χ1n) is 10.5. The Hall–Kier alpha value is -4.34. The van der Waals surface area contributed by atoms with E-state index in [1.54, 1.807) is 38.6 Å². The lowest BCUT2D eigenvalue weighted by Crippen LogP contribution is -2.07. The number of pyridine rings is 2. The van der Waals surface area contributed by atoms with Crippen LogP contribution in [0.5, 0.6) is 0 Å². The van der Waals surface area contributed by atoms with Gasteiger partial charge < -0.3 is 0 Å². The van der Waals surface area contributed by atoms with Gasteiger partial charge in [0.15, 0.2) is 11.5 Å². The van der Waals surface area contributed by atoms with Crippen LogP contribution < -0.4 is 0 Å². The van der Waals surface area contributed by atoms with Crippen molar-refractivity contribution in [3.8, 4) is 33.8 Å². The van der Waals surface area contributed by atoms with Crippen molar-refractivity contribution in [2.24, 2.45) is 0 Å². The fraction of sp³-hybridized carbons (Fsp3) is 0.120. The van der Waals surface area contributed by atoms with Crippen molar-refractivity contribution in [1.29, 1.82) is 0 Å². The van der Waals surface area contributed by atoms with Crippen LogP contribution in [0.25, 0.3) is 44.9 Å². The zero-order chi connectivity index (χ0) is 24.7. The Morgan fingerprint density at radius 1 is 0.714 bits per heavy atom. The van der Waals surface area contributed by atoms with Crippen LogP contribution in [0.15, 0.2) is 61.2 Å². The molecule has 0 spiro atoms. The molecule has 4 aromatic heterocycles. The van der Waals surface area contributed by atoms with Crippen LogP contribution in [0.2, 0.25) is 0 Å². The minimum absolute atomic E-state index is 0.0427. The third-order valence-corrected chi connectivity index (χ3v) is 5.50. The van der Waals surface area contributed by atoms with Crippen LogP contribution in [-0.4, -0.2) is 29.9 Å². The summed E-state index contributed by atoms with van der Waals surface area (Å²) in [5.41, 5.74) is 2.56. The summed E-state index contributed by atoms with van der Waals surface area (Å²) in [7, 11) is 0. The number of rotatable bonds is 3. The molecule has 1 aromatic carbocycles. The smallest absolute Gasteiger partial charge is 0.265 e. The molecule has 0 aliphatic carbocycles. The average Bonchev–Trinajstić information content (AvgIpc) is 2.84. The summed E-state index contributed by atoms with van der Waals surface area (Å²) in [6, 6.07) is 7.76. The number of nitrogens with zero attached hydrogens (tertiary/aromatic N) is 6. The number of halogens is 4. The lowest BCUT2D eigenvalue weighted by atomic mass is 10.1. The number of hydrogen-bond donors (Lipinski definition) is 0. The fourth-order valence-corrected chi connectivity index (χ4v) is 3.58. The summed E-state index contributed by atoms with van der Waals surface area (Å²) >= 11 is 0. The Morgan fingerprint density at radius 2 is 1.43 bits per heavy atom. The van der Waals surface area contributed by atoms with Crippen molar-refractivity contribution in [3.63, 3.8) is 0 Å². The summed E-state index contributed by atoms with van der Waals surface area (Å²) in [5, 5.41) is 0. The zero-order valence-electron chi connectivity index (χ0n) is 18.5. The molecular formula is C25H16F4N6. The van der Waals surface area contributed by atoms with E-state index in [-0.39, 0.29) is 28.2 Å². The van der Waals surface area contributed by atoms with Gasteiger partial charge in [-0.2, -0.15) is 13.2 Å². The van der Waals surface area contributed by atoms with Gasteiger partial charge in [-0.15, -0.1) is 0 Å². The van der Waals surface area contributed by atoms with Gasteiger partial charge in [0.1, 0.15) is 17.0 Å². The largest absolute Gasteiger partial charge is 0.416 e. The lowest BCUT2D eigenvalue weighted by Gasteiger charge is -2.12. The minimum Gasteiger partial charge on any atom is -0.265 e. The van der Waals surface area contributed by atoms with Crippen LogP contribution >= 0.6 is 0 Å². The van der Waals surface area contributed by atoms with Gasteiger partial charge in [-0.1, -0.05) is 0 Å². The summed E-state index contributed by atoms with van der Waals surface area (Å²) < 4.78 is 54.2. The fourth-order valence-electron chi connectivity index (χ4n) is 3.58. The van der Waals surface area contributed by atoms with E-state index in [0.29, 0.717) is 23.0 Å². The zero-order valence-corrected chi connectivity index (χ0v) is 18.5. The third-order valence-electron chi connectivity index (χ3n) is 5.50. The molecule has 0 unspecified atom stereocenters. The van der Waals surface area contributed by atoms with Gasteiger partial charge in [0.05, 0.1) is 17.0 Å². The molecule has 0 amide bonds. The van der Waals surface area contributed by atoms with Crippen molar-refractivity contribution >= 4 is 11.2 Å². The molecule has 0 bridgehead atoms. The Kier molecular flexibility index (Phi) is 5.43.